The van der Waals surface area contributed by atoms with Gasteiger partial charge in [-0.05, 0) is 30.4 Å². The minimum absolute atomic E-state index is 0.0308. The number of β-amino-alcohol motifs (C(OH)–C–C–N with tert-alkyl or cyclic N) is 1. The lowest BCUT2D eigenvalue weighted by Crippen LogP contribution is -2.46. The number of thiophene rings is 1. The van der Waals surface area contributed by atoms with Crippen molar-refractivity contribution in [2.45, 2.75) is 43.9 Å². The van der Waals surface area contributed by atoms with Crippen molar-refractivity contribution in [1.82, 2.24) is 20.1 Å². The fourth-order valence-electron chi connectivity index (χ4n) is 2.95. The molecule has 3 rings (SSSR count). The molecule has 0 aromatic carbocycles. The van der Waals surface area contributed by atoms with Crippen molar-refractivity contribution < 1.29 is 9.90 Å². The standard InChI is InChI=1S/C16H22N4O2S2/c1-3-13-17-16(19-18-13)24-9-14(22)20-6-4-11(12(21)8-20)15-10(2)5-7-23-15/h5,7,11-12,21H,3-4,6,8-9H2,1-2H3,(H,17,18,19)/t11-,12-/m1/s1. The second-order valence-corrected chi connectivity index (χ2v) is 7.87. The molecular weight excluding hydrogens is 344 g/mol. The largest absolute Gasteiger partial charge is 0.391 e. The summed E-state index contributed by atoms with van der Waals surface area (Å²) in [6.45, 7) is 5.16. The molecule has 1 saturated heterocycles. The van der Waals surface area contributed by atoms with Crippen LogP contribution in [0.3, 0.4) is 0 Å². The summed E-state index contributed by atoms with van der Waals surface area (Å²) in [4.78, 5) is 19.7. The van der Waals surface area contributed by atoms with Crippen LogP contribution >= 0.6 is 23.1 Å². The molecule has 0 radical (unpaired) electrons. The molecule has 130 valence electrons. The van der Waals surface area contributed by atoms with Crippen LogP contribution in [0.2, 0.25) is 0 Å². The van der Waals surface area contributed by atoms with E-state index < -0.39 is 6.10 Å². The fourth-order valence-corrected chi connectivity index (χ4v) is 4.79. The SMILES string of the molecule is CCc1nc(SCC(=O)N2CC[C@@H](c3sccc3C)[C@H](O)C2)n[nH]1. The summed E-state index contributed by atoms with van der Waals surface area (Å²) in [5.41, 5.74) is 1.23. The van der Waals surface area contributed by atoms with Gasteiger partial charge in [0, 0.05) is 30.3 Å². The molecule has 0 bridgehead atoms. The Balaban J connectivity index is 1.53. The van der Waals surface area contributed by atoms with Gasteiger partial charge >= 0.3 is 0 Å². The lowest BCUT2D eigenvalue weighted by atomic mass is 9.91. The third kappa shape index (κ3) is 3.81. The number of nitrogens with one attached hydrogen (secondary N) is 1. The molecule has 0 unspecified atom stereocenters. The van der Waals surface area contributed by atoms with Gasteiger partial charge in [-0.1, -0.05) is 18.7 Å². The van der Waals surface area contributed by atoms with Crippen molar-refractivity contribution in [3.8, 4) is 0 Å². The Labute approximate surface area is 149 Å². The number of aliphatic hydroxyl groups excluding tert-OH is 1. The summed E-state index contributed by atoms with van der Waals surface area (Å²) in [6.07, 6.45) is 1.10. The zero-order valence-electron chi connectivity index (χ0n) is 13.9. The van der Waals surface area contributed by atoms with Gasteiger partial charge in [-0.2, -0.15) is 0 Å². The topological polar surface area (TPSA) is 82.1 Å². The number of amides is 1. The molecule has 0 spiro atoms. The molecule has 1 aliphatic heterocycles. The number of aliphatic hydroxyl groups is 1. The van der Waals surface area contributed by atoms with E-state index in [4.69, 9.17) is 0 Å². The number of hydrogen-bond donors (Lipinski definition) is 2. The number of likely N-dealkylation sites (tertiary alicyclic amines) is 1. The minimum atomic E-state index is -0.500. The van der Waals surface area contributed by atoms with E-state index in [1.54, 1.807) is 16.2 Å². The summed E-state index contributed by atoms with van der Waals surface area (Å²) in [5.74, 6) is 1.30. The normalized spacial score (nSPS) is 21.2. The fraction of sp³-hybridized carbons (Fsp3) is 0.562. The highest BCUT2D eigenvalue weighted by molar-refractivity contribution is 7.99. The summed E-state index contributed by atoms with van der Waals surface area (Å²) in [5, 5.41) is 20.1. The molecule has 8 heteroatoms. The highest BCUT2D eigenvalue weighted by Crippen LogP contribution is 2.34. The molecule has 2 N–H and O–H groups in total. The van der Waals surface area contributed by atoms with E-state index in [1.165, 1.54) is 22.2 Å². The van der Waals surface area contributed by atoms with Gasteiger partial charge in [0.1, 0.15) is 5.82 Å². The van der Waals surface area contributed by atoms with Crippen LogP contribution < -0.4 is 0 Å². The molecule has 1 aliphatic rings. The number of aromatic amines is 1. The quantitative estimate of drug-likeness (QED) is 0.793. The van der Waals surface area contributed by atoms with Gasteiger partial charge in [0.15, 0.2) is 0 Å². The van der Waals surface area contributed by atoms with Gasteiger partial charge in [0.05, 0.1) is 11.9 Å². The molecule has 0 saturated carbocycles. The number of rotatable bonds is 5. The molecule has 0 aliphatic carbocycles. The molecule has 3 heterocycles. The van der Waals surface area contributed by atoms with Gasteiger partial charge < -0.3 is 10.0 Å². The van der Waals surface area contributed by atoms with Gasteiger partial charge in [-0.15, -0.1) is 16.4 Å². The van der Waals surface area contributed by atoms with E-state index in [1.807, 2.05) is 6.92 Å². The smallest absolute Gasteiger partial charge is 0.233 e. The first-order valence-electron chi connectivity index (χ1n) is 8.12. The van der Waals surface area contributed by atoms with E-state index in [0.29, 0.717) is 24.0 Å². The van der Waals surface area contributed by atoms with E-state index in [9.17, 15) is 9.90 Å². The third-order valence-corrected chi connectivity index (χ3v) is 6.33. The monoisotopic (exact) mass is 366 g/mol. The van der Waals surface area contributed by atoms with E-state index >= 15 is 0 Å². The molecular formula is C16H22N4O2S2. The number of carbonyl (C=O) groups is 1. The number of piperidine rings is 1. The van der Waals surface area contributed by atoms with Crippen molar-refractivity contribution in [2.24, 2.45) is 0 Å². The number of hydrogen-bond acceptors (Lipinski definition) is 6. The number of H-pyrrole nitrogens is 1. The van der Waals surface area contributed by atoms with Crippen LogP contribution in [0.5, 0.6) is 0 Å². The zero-order valence-corrected chi connectivity index (χ0v) is 15.5. The van der Waals surface area contributed by atoms with Crippen LogP contribution in [0, 0.1) is 6.92 Å². The number of carbonyl (C=O) groups excluding carboxylic acids is 1. The Hall–Kier alpha value is -1.38. The maximum absolute atomic E-state index is 12.4. The lowest BCUT2D eigenvalue weighted by Gasteiger charge is -2.35. The Bertz CT molecular complexity index is 700. The highest BCUT2D eigenvalue weighted by atomic mass is 32.2. The highest BCUT2D eigenvalue weighted by Gasteiger charge is 2.32. The first kappa shape index (κ1) is 17.4. The van der Waals surface area contributed by atoms with Crippen molar-refractivity contribution in [3.05, 3.63) is 27.7 Å². The van der Waals surface area contributed by atoms with Crippen molar-refractivity contribution in [1.29, 1.82) is 0 Å². The maximum Gasteiger partial charge on any atom is 0.233 e. The van der Waals surface area contributed by atoms with Crippen LogP contribution in [0.1, 0.15) is 35.5 Å². The van der Waals surface area contributed by atoms with Crippen LogP contribution in [0.25, 0.3) is 0 Å². The van der Waals surface area contributed by atoms with Gasteiger partial charge in [0.2, 0.25) is 11.1 Å². The summed E-state index contributed by atoms with van der Waals surface area (Å²) in [7, 11) is 0. The Morgan fingerprint density at radius 1 is 1.58 bits per heavy atom. The van der Waals surface area contributed by atoms with Crippen molar-refractivity contribution in [3.63, 3.8) is 0 Å². The van der Waals surface area contributed by atoms with Crippen LogP contribution in [0.4, 0.5) is 0 Å². The zero-order chi connectivity index (χ0) is 17.1. The Morgan fingerprint density at radius 3 is 3.04 bits per heavy atom. The van der Waals surface area contributed by atoms with Crippen LogP contribution in [0.15, 0.2) is 16.6 Å². The van der Waals surface area contributed by atoms with Crippen LogP contribution in [-0.2, 0) is 11.2 Å². The van der Waals surface area contributed by atoms with E-state index in [0.717, 1.165) is 18.7 Å². The number of aryl methyl sites for hydroxylation is 2. The lowest BCUT2D eigenvalue weighted by molar-refractivity contribution is -0.131. The predicted octanol–water partition coefficient (Wildman–Crippen LogP) is 2.21. The molecule has 1 fully saturated rings. The molecule has 1 amide bonds. The van der Waals surface area contributed by atoms with E-state index in [2.05, 4.69) is 33.6 Å². The molecule has 2 aromatic heterocycles. The Morgan fingerprint density at radius 2 is 2.42 bits per heavy atom. The maximum atomic E-state index is 12.4. The van der Waals surface area contributed by atoms with Gasteiger partial charge in [0.25, 0.3) is 0 Å². The molecule has 2 atom stereocenters. The number of thioether (sulfide) groups is 1. The third-order valence-electron chi connectivity index (χ3n) is 4.34. The minimum Gasteiger partial charge on any atom is -0.391 e. The average Bonchev–Trinajstić information content (AvgIpc) is 3.21. The van der Waals surface area contributed by atoms with Gasteiger partial charge in [-0.3, -0.25) is 9.89 Å². The molecule has 2 aromatic rings. The summed E-state index contributed by atoms with van der Waals surface area (Å²) in [6, 6.07) is 2.09. The number of aromatic nitrogens is 3. The van der Waals surface area contributed by atoms with Crippen LogP contribution in [-0.4, -0.2) is 56.0 Å². The van der Waals surface area contributed by atoms with Gasteiger partial charge in [-0.25, -0.2) is 4.98 Å². The molecule has 6 nitrogen and oxygen atoms in total. The first-order chi connectivity index (χ1) is 11.6. The molecule has 24 heavy (non-hydrogen) atoms. The average molecular weight is 367 g/mol. The summed E-state index contributed by atoms with van der Waals surface area (Å²) >= 11 is 3.03. The number of nitrogens with zero attached hydrogens (tertiary/aromatic N) is 3. The van der Waals surface area contributed by atoms with E-state index in [-0.39, 0.29) is 11.8 Å². The second-order valence-electron chi connectivity index (χ2n) is 5.98. The summed E-state index contributed by atoms with van der Waals surface area (Å²) < 4.78 is 0. The second kappa shape index (κ2) is 7.67. The van der Waals surface area contributed by atoms with Crippen molar-refractivity contribution in [2.75, 3.05) is 18.8 Å². The van der Waals surface area contributed by atoms with Crippen molar-refractivity contribution >= 4 is 29.0 Å². The first-order valence-corrected chi connectivity index (χ1v) is 9.99. The Kier molecular flexibility index (Phi) is 5.57. The predicted molar refractivity (Wildman–Crippen MR) is 95.5 cm³/mol.